The minimum atomic E-state index is -0.687. The summed E-state index contributed by atoms with van der Waals surface area (Å²) in [6, 6.07) is 8.73. The Labute approximate surface area is 148 Å². The van der Waals surface area contributed by atoms with Gasteiger partial charge in [0.1, 0.15) is 17.3 Å². The van der Waals surface area contributed by atoms with Crippen LogP contribution in [-0.2, 0) is 11.3 Å². The number of hydrogen-bond acceptors (Lipinski definition) is 2. The predicted molar refractivity (Wildman–Crippen MR) is 92.1 cm³/mol. The van der Waals surface area contributed by atoms with E-state index in [1.807, 2.05) is 12.1 Å². The quantitative estimate of drug-likeness (QED) is 0.660. The molecule has 0 bridgehead atoms. The molecule has 0 spiro atoms. The third-order valence-corrected chi connectivity index (χ3v) is 3.98. The zero-order valence-electron chi connectivity index (χ0n) is 13.3. The highest BCUT2D eigenvalue weighted by molar-refractivity contribution is 6.31. The zero-order chi connectivity index (χ0) is 18.0. The van der Waals surface area contributed by atoms with Gasteiger partial charge in [-0.3, -0.25) is 9.20 Å². The fourth-order valence-electron chi connectivity index (χ4n) is 2.40. The van der Waals surface area contributed by atoms with E-state index in [1.165, 1.54) is 24.1 Å². The largest absolute Gasteiger partial charge is 0.338 e. The van der Waals surface area contributed by atoms with E-state index in [1.54, 1.807) is 22.7 Å². The number of pyridine rings is 1. The molecule has 2 heterocycles. The van der Waals surface area contributed by atoms with Crippen molar-refractivity contribution in [1.29, 1.82) is 0 Å². The van der Waals surface area contributed by atoms with Crippen molar-refractivity contribution in [2.75, 3.05) is 7.05 Å². The van der Waals surface area contributed by atoms with Crippen LogP contribution in [0.4, 0.5) is 8.78 Å². The van der Waals surface area contributed by atoms with Crippen molar-refractivity contribution in [2.45, 2.75) is 6.54 Å². The van der Waals surface area contributed by atoms with Gasteiger partial charge in [-0.05, 0) is 24.3 Å². The topological polar surface area (TPSA) is 37.6 Å². The van der Waals surface area contributed by atoms with E-state index in [0.717, 1.165) is 12.1 Å². The van der Waals surface area contributed by atoms with Gasteiger partial charge in [-0.15, -0.1) is 0 Å². The number of amides is 1. The molecule has 0 aliphatic carbocycles. The van der Waals surface area contributed by atoms with Gasteiger partial charge in [-0.1, -0.05) is 23.7 Å². The Bertz CT molecular complexity index is 968. The third-order valence-electron chi connectivity index (χ3n) is 3.70. The number of rotatable bonds is 4. The lowest BCUT2D eigenvalue weighted by molar-refractivity contribution is -0.125. The number of likely N-dealkylation sites (N-methyl/N-ethyl adjacent to an activating group) is 1. The maximum atomic E-state index is 13.7. The number of halogens is 3. The van der Waals surface area contributed by atoms with Gasteiger partial charge in [-0.2, -0.15) is 0 Å². The normalized spacial score (nSPS) is 11.4. The second-order valence-corrected chi connectivity index (χ2v) is 5.84. The molecule has 2 aromatic heterocycles. The van der Waals surface area contributed by atoms with E-state index in [0.29, 0.717) is 11.3 Å². The van der Waals surface area contributed by atoms with Crippen molar-refractivity contribution in [3.05, 3.63) is 76.7 Å². The van der Waals surface area contributed by atoms with Crippen molar-refractivity contribution in [1.82, 2.24) is 14.3 Å². The average Bonchev–Trinajstić information content (AvgIpc) is 2.90. The van der Waals surface area contributed by atoms with Crippen LogP contribution >= 0.6 is 11.6 Å². The number of aromatic nitrogens is 2. The molecule has 0 saturated heterocycles. The number of nitrogens with zero attached hydrogens (tertiary/aromatic N) is 3. The fraction of sp³-hybridized carbons (Fsp3) is 0.111. The summed E-state index contributed by atoms with van der Waals surface area (Å²) < 4.78 is 28.4. The lowest BCUT2D eigenvalue weighted by Crippen LogP contribution is -2.24. The highest BCUT2D eigenvalue weighted by Gasteiger charge is 2.12. The minimum Gasteiger partial charge on any atom is -0.338 e. The van der Waals surface area contributed by atoms with Crippen LogP contribution in [0.1, 0.15) is 11.3 Å². The van der Waals surface area contributed by atoms with Crippen LogP contribution in [0.2, 0.25) is 5.15 Å². The molecule has 0 N–H and O–H groups in total. The molecule has 1 amide bonds. The lowest BCUT2D eigenvalue weighted by Gasteiger charge is -2.15. The van der Waals surface area contributed by atoms with E-state index in [9.17, 15) is 13.6 Å². The van der Waals surface area contributed by atoms with Gasteiger partial charge in [0.05, 0.1) is 5.69 Å². The van der Waals surface area contributed by atoms with Crippen LogP contribution < -0.4 is 0 Å². The number of hydrogen-bond donors (Lipinski definition) is 0. The summed E-state index contributed by atoms with van der Waals surface area (Å²) in [5.41, 5.74) is 1.48. The molecule has 0 saturated carbocycles. The summed E-state index contributed by atoms with van der Waals surface area (Å²) in [6.45, 7) is 0.0240. The molecular weight excluding hydrogens is 348 g/mol. The standard InChI is InChI=1S/C18H14ClF2N3O/c1-23(11-12-5-6-13(20)10-14(12)21)17(25)8-7-15-18(19)22-16-4-2-3-9-24(15)16/h2-10H,11H2,1H3/b8-7+. The lowest BCUT2D eigenvalue weighted by atomic mass is 10.2. The van der Waals surface area contributed by atoms with Gasteiger partial charge in [-0.25, -0.2) is 13.8 Å². The summed E-state index contributed by atoms with van der Waals surface area (Å²) in [5, 5.41) is 0.280. The number of imidazole rings is 1. The Morgan fingerprint density at radius 1 is 1.32 bits per heavy atom. The Morgan fingerprint density at radius 3 is 2.88 bits per heavy atom. The second kappa shape index (κ2) is 7.03. The Balaban J connectivity index is 1.76. The van der Waals surface area contributed by atoms with E-state index in [2.05, 4.69) is 4.98 Å². The number of fused-ring (bicyclic) bond motifs is 1. The molecule has 0 fully saturated rings. The Kier molecular flexibility index (Phi) is 4.81. The van der Waals surface area contributed by atoms with Gasteiger partial charge in [0, 0.05) is 37.5 Å². The van der Waals surface area contributed by atoms with Gasteiger partial charge < -0.3 is 4.90 Å². The van der Waals surface area contributed by atoms with E-state index in [-0.39, 0.29) is 23.2 Å². The second-order valence-electron chi connectivity index (χ2n) is 5.48. The highest BCUT2D eigenvalue weighted by atomic mass is 35.5. The van der Waals surface area contributed by atoms with Crippen LogP contribution in [-0.4, -0.2) is 27.2 Å². The molecule has 7 heteroatoms. The van der Waals surface area contributed by atoms with Crippen molar-refractivity contribution in [3.63, 3.8) is 0 Å². The molecule has 0 aliphatic heterocycles. The molecule has 0 unspecified atom stereocenters. The average molecular weight is 362 g/mol. The van der Waals surface area contributed by atoms with Crippen LogP contribution in [0.5, 0.6) is 0 Å². The molecule has 0 atom stereocenters. The van der Waals surface area contributed by atoms with Gasteiger partial charge >= 0.3 is 0 Å². The number of carbonyl (C=O) groups is 1. The third kappa shape index (κ3) is 3.69. The van der Waals surface area contributed by atoms with Gasteiger partial charge in [0.2, 0.25) is 5.91 Å². The zero-order valence-corrected chi connectivity index (χ0v) is 14.0. The molecule has 25 heavy (non-hydrogen) atoms. The first-order chi connectivity index (χ1) is 12.0. The van der Waals surface area contributed by atoms with Crippen molar-refractivity contribution in [2.24, 2.45) is 0 Å². The first kappa shape index (κ1) is 17.1. The predicted octanol–water partition coefficient (Wildman–Crippen LogP) is 3.94. The van der Waals surface area contributed by atoms with Crippen LogP contribution in [0, 0.1) is 11.6 Å². The molecule has 128 valence electrons. The maximum Gasteiger partial charge on any atom is 0.246 e. The maximum absolute atomic E-state index is 13.7. The summed E-state index contributed by atoms with van der Waals surface area (Å²) in [6.07, 6.45) is 4.68. The fourth-order valence-corrected chi connectivity index (χ4v) is 2.64. The molecule has 0 radical (unpaired) electrons. The van der Waals surface area contributed by atoms with Gasteiger partial charge in [0.25, 0.3) is 0 Å². The number of carbonyl (C=O) groups excluding carboxylic acids is 1. The molecule has 3 aromatic rings. The summed E-state index contributed by atoms with van der Waals surface area (Å²) in [5.74, 6) is -1.68. The van der Waals surface area contributed by atoms with Crippen LogP contribution in [0.15, 0.2) is 48.7 Å². The SMILES string of the molecule is CN(Cc1ccc(F)cc1F)C(=O)/C=C/c1c(Cl)nc2ccccn12. The van der Waals surface area contributed by atoms with Crippen LogP contribution in [0.25, 0.3) is 11.7 Å². The van der Waals surface area contributed by atoms with Crippen LogP contribution in [0.3, 0.4) is 0 Å². The van der Waals surface area contributed by atoms with E-state index in [4.69, 9.17) is 11.6 Å². The molecular formula is C18H14ClF2N3O. The van der Waals surface area contributed by atoms with Crippen molar-refractivity contribution in [3.8, 4) is 0 Å². The molecule has 4 nitrogen and oxygen atoms in total. The molecule has 0 aliphatic rings. The Hall–Kier alpha value is -2.73. The smallest absolute Gasteiger partial charge is 0.246 e. The van der Waals surface area contributed by atoms with E-state index >= 15 is 0 Å². The Morgan fingerprint density at radius 2 is 2.12 bits per heavy atom. The summed E-state index contributed by atoms with van der Waals surface area (Å²) in [4.78, 5) is 17.8. The van der Waals surface area contributed by atoms with Gasteiger partial charge in [0.15, 0.2) is 5.15 Å². The molecule has 3 rings (SSSR count). The first-order valence-electron chi connectivity index (χ1n) is 7.45. The van der Waals surface area contributed by atoms with E-state index < -0.39 is 11.6 Å². The number of benzene rings is 1. The van der Waals surface area contributed by atoms with Crippen molar-refractivity contribution < 1.29 is 13.6 Å². The first-order valence-corrected chi connectivity index (χ1v) is 7.83. The molecule has 1 aromatic carbocycles. The minimum absolute atomic E-state index is 0.0240. The monoisotopic (exact) mass is 361 g/mol. The van der Waals surface area contributed by atoms with Crippen molar-refractivity contribution >= 4 is 29.2 Å². The summed E-state index contributed by atoms with van der Waals surface area (Å²) >= 11 is 6.10. The highest BCUT2D eigenvalue weighted by Crippen LogP contribution is 2.19. The summed E-state index contributed by atoms with van der Waals surface area (Å²) in [7, 11) is 1.53.